The predicted octanol–water partition coefficient (Wildman–Crippen LogP) is 14.7. The summed E-state index contributed by atoms with van der Waals surface area (Å²) in [6, 6.07) is 57.0. The molecule has 0 spiro atoms. The zero-order valence-electron chi connectivity index (χ0n) is 32.5. The normalized spacial score (nSPS) is 15.7. The summed E-state index contributed by atoms with van der Waals surface area (Å²) in [6.07, 6.45) is 9.12. The van der Waals surface area contributed by atoms with Crippen LogP contribution in [0.1, 0.15) is 62.8 Å². The number of benzene rings is 7. The highest BCUT2D eigenvalue weighted by Crippen LogP contribution is 2.55. The van der Waals surface area contributed by atoms with Crippen LogP contribution in [-0.4, -0.2) is 4.57 Å². The fraction of sp³-hybridized carbons (Fsp3) is 0.148. The molecule has 0 saturated carbocycles. The van der Waals surface area contributed by atoms with Gasteiger partial charge in [-0.15, -0.1) is 0 Å². The summed E-state index contributed by atoms with van der Waals surface area (Å²) < 4.78 is 2.45. The van der Waals surface area contributed by atoms with Gasteiger partial charge in [0.05, 0.1) is 16.7 Å². The summed E-state index contributed by atoms with van der Waals surface area (Å²) in [5, 5.41) is 2.58. The van der Waals surface area contributed by atoms with Crippen LogP contribution in [0.5, 0.6) is 0 Å². The molecule has 270 valence electrons. The predicted molar refractivity (Wildman–Crippen MR) is 237 cm³/mol. The molecule has 56 heavy (non-hydrogen) atoms. The molecule has 0 N–H and O–H groups in total. The molecule has 8 aromatic rings. The second-order valence-corrected chi connectivity index (χ2v) is 16.8. The van der Waals surface area contributed by atoms with Crippen molar-refractivity contribution in [2.24, 2.45) is 0 Å². The number of para-hydroxylation sites is 1. The number of hydrogen-bond donors (Lipinski definition) is 0. The molecule has 0 radical (unpaired) electrons. The number of rotatable bonds is 5. The second kappa shape index (κ2) is 12.1. The zero-order valence-corrected chi connectivity index (χ0v) is 32.5. The number of allylic oxidation sites excluding steroid dienone is 4. The van der Waals surface area contributed by atoms with Crippen LogP contribution in [0.4, 0.5) is 17.1 Å². The maximum Gasteiger partial charge on any atom is 0.0547 e. The molecule has 3 aliphatic rings. The van der Waals surface area contributed by atoms with Crippen molar-refractivity contribution in [1.29, 1.82) is 0 Å². The van der Waals surface area contributed by atoms with E-state index in [-0.39, 0.29) is 10.8 Å². The highest BCUT2D eigenvalue weighted by Gasteiger charge is 2.39. The lowest BCUT2D eigenvalue weighted by atomic mass is 9.82. The van der Waals surface area contributed by atoms with E-state index in [0.29, 0.717) is 0 Å². The van der Waals surface area contributed by atoms with E-state index in [9.17, 15) is 0 Å². The summed E-state index contributed by atoms with van der Waals surface area (Å²) >= 11 is 0. The van der Waals surface area contributed by atoms with Gasteiger partial charge in [0.2, 0.25) is 0 Å². The van der Waals surface area contributed by atoms with Crippen LogP contribution in [0.25, 0.3) is 60.9 Å². The van der Waals surface area contributed by atoms with Gasteiger partial charge in [-0.3, -0.25) is 0 Å². The molecule has 0 unspecified atom stereocenters. The van der Waals surface area contributed by atoms with Crippen LogP contribution < -0.4 is 4.90 Å². The first kappa shape index (κ1) is 33.0. The Morgan fingerprint density at radius 1 is 0.482 bits per heavy atom. The number of fused-ring (bicyclic) bond motifs is 9. The topological polar surface area (TPSA) is 8.17 Å². The number of aromatic nitrogens is 1. The van der Waals surface area contributed by atoms with Gasteiger partial charge in [-0.1, -0.05) is 149 Å². The molecule has 1 heterocycles. The number of hydrogen-bond acceptors (Lipinski definition) is 1. The van der Waals surface area contributed by atoms with Crippen LogP contribution in [0.15, 0.2) is 170 Å². The van der Waals surface area contributed by atoms with Gasteiger partial charge in [-0.25, -0.2) is 0 Å². The van der Waals surface area contributed by atoms with E-state index in [1.165, 1.54) is 94.5 Å². The highest BCUT2D eigenvalue weighted by atomic mass is 15.1. The van der Waals surface area contributed by atoms with E-state index in [0.717, 1.165) is 18.5 Å². The monoisotopic (exact) mass is 720 g/mol. The lowest BCUT2D eigenvalue weighted by Crippen LogP contribution is -2.17. The Morgan fingerprint density at radius 3 is 1.93 bits per heavy atom. The molecule has 2 heteroatoms. The molecule has 0 saturated heterocycles. The van der Waals surface area contributed by atoms with Gasteiger partial charge in [-0.2, -0.15) is 0 Å². The third kappa shape index (κ3) is 4.69. The van der Waals surface area contributed by atoms with Gasteiger partial charge >= 0.3 is 0 Å². The summed E-state index contributed by atoms with van der Waals surface area (Å²) in [7, 11) is 0. The molecular formula is C54H44N2. The Morgan fingerprint density at radius 2 is 1.12 bits per heavy atom. The molecule has 0 amide bonds. The third-order valence-electron chi connectivity index (χ3n) is 13.0. The van der Waals surface area contributed by atoms with E-state index in [4.69, 9.17) is 0 Å². The first-order valence-corrected chi connectivity index (χ1v) is 20.1. The van der Waals surface area contributed by atoms with E-state index >= 15 is 0 Å². The Kier molecular flexibility index (Phi) is 7.11. The van der Waals surface area contributed by atoms with Crippen LogP contribution >= 0.6 is 0 Å². The van der Waals surface area contributed by atoms with Gasteiger partial charge in [0, 0.05) is 44.2 Å². The lowest BCUT2D eigenvalue weighted by Gasteiger charge is -2.30. The minimum Gasteiger partial charge on any atom is -0.310 e. The molecule has 0 fully saturated rings. The van der Waals surface area contributed by atoms with Gasteiger partial charge in [0.25, 0.3) is 0 Å². The van der Waals surface area contributed by atoms with Crippen LogP contribution in [-0.2, 0) is 10.8 Å². The first-order valence-electron chi connectivity index (χ1n) is 20.1. The van der Waals surface area contributed by atoms with Crippen molar-refractivity contribution < 1.29 is 0 Å². The van der Waals surface area contributed by atoms with Crippen molar-refractivity contribution in [2.45, 2.75) is 51.4 Å². The van der Waals surface area contributed by atoms with Crippen LogP contribution in [0.2, 0.25) is 0 Å². The number of nitrogens with zero attached hydrogens (tertiary/aromatic N) is 2. The minimum absolute atomic E-state index is 0.0936. The molecule has 1 aromatic heterocycles. The molecule has 11 rings (SSSR count). The first-order chi connectivity index (χ1) is 27.3. The summed E-state index contributed by atoms with van der Waals surface area (Å²) in [5.74, 6) is 0. The maximum absolute atomic E-state index is 2.50. The Bertz CT molecular complexity index is 2970. The fourth-order valence-electron chi connectivity index (χ4n) is 10.2. The number of anilines is 3. The van der Waals surface area contributed by atoms with Crippen molar-refractivity contribution in [3.8, 4) is 33.4 Å². The van der Waals surface area contributed by atoms with Crippen LogP contribution in [0, 0.1) is 0 Å². The zero-order chi connectivity index (χ0) is 37.8. The molecule has 7 aromatic carbocycles. The highest BCUT2D eigenvalue weighted by molar-refractivity contribution is 6.11. The molecule has 0 aliphatic heterocycles. The van der Waals surface area contributed by atoms with E-state index in [1.54, 1.807) is 0 Å². The van der Waals surface area contributed by atoms with Gasteiger partial charge in [0.1, 0.15) is 0 Å². The van der Waals surface area contributed by atoms with Crippen molar-refractivity contribution >= 4 is 44.6 Å². The second-order valence-electron chi connectivity index (χ2n) is 16.8. The Balaban J connectivity index is 1.08. The summed E-state index contributed by atoms with van der Waals surface area (Å²) in [6.45, 7) is 9.48. The third-order valence-corrected chi connectivity index (χ3v) is 13.0. The fourth-order valence-corrected chi connectivity index (χ4v) is 10.2. The SMILES string of the molecule is CC1(C)c2ccccc2-c2ccc(N(c3ccc(-c4ccc5c6ccccc6n(C6=CCCC=C6)c5c4)cc3)c3cccc4c3-c3ccccc3C4(C)C)cc21. The Labute approximate surface area is 329 Å². The van der Waals surface area contributed by atoms with Crippen molar-refractivity contribution in [3.05, 3.63) is 192 Å². The van der Waals surface area contributed by atoms with Crippen molar-refractivity contribution in [3.63, 3.8) is 0 Å². The molecular weight excluding hydrogens is 677 g/mol. The maximum atomic E-state index is 2.50. The summed E-state index contributed by atoms with van der Waals surface area (Å²) in [5.41, 5.74) is 20.4. The van der Waals surface area contributed by atoms with Gasteiger partial charge in [-0.05, 0) is 111 Å². The summed E-state index contributed by atoms with van der Waals surface area (Å²) in [4.78, 5) is 2.50. The quantitative estimate of drug-likeness (QED) is 0.172. The van der Waals surface area contributed by atoms with Gasteiger partial charge in [0.15, 0.2) is 0 Å². The van der Waals surface area contributed by atoms with Gasteiger partial charge < -0.3 is 9.47 Å². The van der Waals surface area contributed by atoms with Crippen molar-refractivity contribution in [2.75, 3.05) is 4.90 Å². The smallest absolute Gasteiger partial charge is 0.0547 e. The molecule has 0 bridgehead atoms. The minimum atomic E-state index is -0.102. The van der Waals surface area contributed by atoms with E-state index < -0.39 is 0 Å². The molecule has 2 nitrogen and oxygen atoms in total. The molecule has 3 aliphatic carbocycles. The van der Waals surface area contributed by atoms with Crippen LogP contribution in [0.3, 0.4) is 0 Å². The van der Waals surface area contributed by atoms with Crippen molar-refractivity contribution in [1.82, 2.24) is 4.57 Å². The van der Waals surface area contributed by atoms with E-state index in [1.807, 2.05) is 0 Å². The Hall–Kier alpha value is -6.38. The average molecular weight is 721 g/mol. The average Bonchev–Trinajstić information content (AvgIpc) is 3.78. The lowest BCUT2D eigenvalue weighted by molar-refractivity contribution is 0.660. The molecule has 0 atom stereocenters. The standard InChI is InChI=1S/C54H44N2/c1-53(2)46-21-12-9-19-44(46)52-47(53)22-14-24-50(52)55(39-30-32-41-40-17-8-11-20-45(40)54(3,4)48(41)34-39)38-28-25-35(26-29-38)36-27-31-43-42-18-10-13-23-49(42)56(51(43)33-36)37-15-6-5-7-16-37/h6,8-34H,5,7H2,1-4H3. The largest absolute Gasteiger partial charge is 0.310 e. The van der Waals surface area contributed by atoms with E-state index in [2.05, 4.69) is 207 Å².